The van der Waals surface area contributed by atoms with Gasteiger partial charge in [0.05, 0.1) is 10.3 Å². The normalized spacial score (nSPS) is 12.6. The Bertz CT molecular complexity index is 120. The lowest BCUT2D eigenvalue weighted by atomic mass is 10.9. The van der Waals surface area contributed by atoms with Gasteiger partial charge in [0.25, 0.3) is 0 Å². The highest BCUT2D eigenvalue weighted by molar-refractivity contribution is 9.24. The van der Waals surface area contributed by atoms with Gasteiger partial charge in [0.1, 0.15) is 0 Å². The molecule has 0 bridgehead atoms. The summed E-state index contributed by atoms with van der Waals surface area (Å²) in [6.45, 7) is -0.0652. The van der Waals surface area contributed by atoms with Crippen molar-refractivity contribution in [3.8, 4) is 0 Å². The number of phosphoric acid groups is 1. The van der Waals surface area contributed by atoms with Crippen LogP contribution in [0.25, 0.3) is 0 Å². The SMILES string of the molecule is O=P(O)(O)OCC(Br)Br. The smallest absolute Gasteiger partial charge is 0.303 e. The van der Waals surface area contributed by atoms with Crippen LogP contribution in [0, 0.1) is 0 Å². The van der Waals surface area contributed by atoms with Crippen molar-refractivity contribution in [2.45, 2.75) is 3.74 Å². The van der Waals surface area contributed by atoms with Crippen molar-refractivity contribution in [2.75, 3.05) is 6.61 Å². The van der Waals surface area contributed by atoms with E-state index in [1.54, 1.807) is 0 Å². The van der Waals surface area contributed by atoms with Crippen molar-refractivity contribution < 1.29 is 18.9 Å². The van der Waals surface area contributed by atoms with Gasteiger partial charge in [-0.15, -0.1) is 0 Å². The minimum Gasteiger partial charge on any atom is -0.303 e. The zero-order valence-electron chi connectivity index (χ0n) is 4.20. The van der Waals surface area contributed by atoms with Crippen LogP contribution in [0.2, 0.25) is 0 Å². The Labute approximate surface area is 69.1 Å². The summed E-state index contributed by atoms with van der Waals surface area (Å²) in [5.74, 6) is 0. The lowest BCUT2D eigenvalue weighted by Crippen LogP contribution is -1.98. The van der Waals surface area contributed by atoms with Gasteiger partial charge in [-0.05, 0) is 0 Å². The van der Waals surface area contributed by atoms with E-state index in [1.807, 2.05) is 0 Å². The number of rotatable bonds is 3. The van der Waals surface area contributed by atoms with Gasteiger partial charge in [0.2, 0.25) is 0 Å². The summed E-state index contributed by atoms with van der Waals surface area (Å²) in [5, 5.41) is 0. The second-order valence-electron chi connectivity index (χ2n) is 1.18. The van der Waals surface area contributed by atoms with Gasteiger partial charge in [-0.2, -0.15) is 0 Å². The monoisotopic (exact) mass is 282 g/mol. The van der Waals surface area contributed by atoms with Gasteiger partial charge in [-0.25, -0.2) is 4.57 Å². The molecule has 0 rings (SSSR count). The highest BCUT2D eigenvalue weighted by atomic mass is 79.9. The van der Waals surface area contributed by atoms with E-state index >= 15 is 0 Å². The molecule has 0 fully saturated rings. The van der Waals surface area contributed by atoms with Crippen molar-refractivity contribution >= 4 is 39.7 Å². The molecule has 0 saturated heterocycles. The van der Waals surface area contributed by atoms with Gasteiger partial charge in [0, 0.05) is 0 Å². The molecule has 2 N–H and O–H groups in total. The molecule has 0 aromatic heterocycles. The fraction of sp³-hybridized carbons (Fsp3) is 1.00. The van der Waals surface area contributed by atoms with Crippen molar-refractivity contribution in [3.05, 3.63) is 0 Å². The summed E-state index contributed by atoms with van der Waals surface area (Å²) in [5.41, 5.74) is 0. The molecule has 0 aromatic rings. The lowest BCUT2D eigenvalue weighted by molar-refractivity contribution is 0.206. The van der Waals surface area contributed by atoms with Crippen molar-refractivity contribution in [3.63, 3.8) is 0 Å². The predicted molar refractivity (Wildman–Crippen MR) is 39.6 cm³/mol. The second kappa shape index (κ2) is 4.05. The number of phosphoric ester groups is 1. The molecular weight excluding hydrogens is 279 g/mol. The summed E-state index contributed by atoms with van der Waals surface area (Å²) in [4.78, 5) is 16.2. The Morgan fingerprint density at radius 2 is 2.00 bits per heavy atom. The van der Waals surface area contributed by atoms with Crippen LogP contribution in [0.15, 0.2) is 0 Å². The first-order valence-electron chi connectivity index (χ1n) is 1.90. The predicted octanol–water partition coefficient (Wildman–Crippen LogP) is 1.21. The van der Waals surface area contributed by atoms with Gasteiger partial charge in [-0.3, -0.25) is 4.52 Å². The average Bonchev–Trinajstić information content (AvgIpc) is 1.59. The lowest BCUT2D eigenvalue weighted by Gasteiger charge is -2.04. The fourth-order valence-electron chi connectivity index (χ4n) is 0.153. The Kier molecular flexibility index (Phi) is 4.54. The van der Waals surface area contributed by atoms with E-state index in [0.717, 1.165) is 0 Å². The van der Waals surface area contributed by atoms with Crippen LogP contribution in [-0.2, 0) is 9.09 Å². The first kappa shape index (κ1) is 10.1. The first-order chi connectivity index (χ1) is 3.92. The molecule has 0 amide bonds. The zero-order valence-corrected chi connectivity index (χ0v) is 8.26. The van der Waals surface area contributed by atoms with Crippen LogP contribution >= 0.6 is 39.7 Å². The van der Waals surface area contributed by atoms with E-state index in [0.29, 0.717) is 0 Å². The Balaban J connectivity index is 3.40. The van der Waals surface area contributed by atoms with Crippen LogP contribution in [0.3, 0.4) is 0 Å². The van der Waals surface area contributed by atoms with Crippen molar-refractivity contribution in [1.82, 2.24) is 0 Å². The highest BCUT2D eigenvalue weighted by Crippen LogP contribution is 2.36. The van der Waals surface area contributed by atoms with Crippen LogP contribution in [0.4, 0.5) is 0 Å². The molecule has 7 heteroatoms. The third kappa shape index (κ3) is 9.07. The van der Waals surface area contributed by atoms with E-state index in [1.165, 1.54) is 0 Å². The molecule has 0 heterocycles. The molecule has 0 aromatic carbocycles. The third-order valence-corrected chi connectivity index (χ3v) is 1.38. The molecule has 0 aliphatic rings. The second-order valence-corrected chi connectivity index (χ2v) is 5.86. The quantitative estimate of drug-likeness (QED) is 0.604. The number of hydrogen-bond donors (Lipinski definition) is 2. The summed E-state index contributed by atoms with van der Waals surface area (Å²) >= 11 is 5.95. The molecule has 56 valence electrons. The first-order valence-corrected chi connectivity index (χ1v) is 5.26. The molecule has 0 aliphatic heterocycles. The molecule has 0 aliphatic carbocycles. The Hall–Kier alpha value is 1.07. The zero-order chi connectivity index (χ0) is 7.49. The molecule has 4 nitrogen and oxygen atoms in total. The maximum atomic E-state index is 9.97. The van der Waals surface area contributed by atoms with E-state index < -0.39 is 7.82 Å². The number of halogens is 2. The molecule has 0 radical (unpaired) electrons. The van der Waals surface area contributed by atoms with Gasteiger partial charge in [-0.1, -0.05) is 31.9 Å². The molecular formula is C2H5Br2O4P. The molecule has 9 heavy (non-hydrogen) atoms. The Morgan fingerprint density at radius 3 is 2.11 bits per heavy atom. The minimum atomic E-state index is -4.28. The standard InChI is InChI=1S/C2H5Br2O4P/c3-2(4)1-8-9(5,6)7/h2H,1H2,(H2,5,6,7). The maximum absolute atomic E-state index is 9.97. The summed E-state index contributed by atoms with van der Waals surface area (Å²) in [6, 6.07) is 0. The fourth-order valence-corrected chi connectivity index (χ4v) is 1.17. The van der Waals surface area contributed by atoms with Crippen LogP contribution in [0.1, 0.15) is 0 Å². The molecule has 0 atom stereocenters. The topological polar surface area (TPSA) is 66.8 Å². The van der Waals surface area contributed by atoms with E-state index in [9.17, 15) is 4.57 Å². The third-order valence-electron chi connectivity index (χ3n) is 0.369. The number of alkyl halides is 2. The highest BCUT2D eigenvalue weighted by Gasteiger charge is 2.14. The minimum absolute atomic E-state index is 0.0652. The largest absolute Gasteiger partial charge is 0.469 e. The van der Waals surface area contributed by atoms with Crippen LogP contribution < -0.4 is 0 Å². The molecule has 0 saturated carbocycles. The van der Waals surface area contributed by atoms with E-state index in [2.05, 4.69) is 36.4 Å². The van der Waals surface area contributed by atoms with Gasteiger partial charge in [0.15, 0.2) is 0 Å². The summed E-state index contributed by atoms with van der Waals surface area (Å²) in [6.07, 6.45) is 0. The summed E-state index contributed by atoms with van der Waals surface area (Å²) in [7, 11) is -4.28. The van der Waals surface area contributed by atoms with Gasteiger partial charge < -0.3 is 9.79 Å². The van der Waals surface area contributed by atoms with E-state index in [4.69, 9.17) is 9.79 Å². The van der Waals surface area contributed by atoms with Crippen LogP contribution in [-0.4, -0.2) is 20.1 Å². The Morgan fingerprint density at radius 1 is 1.56 bits per heavy atom. The van der Waals surface area contributed by atoms with Crippen molar-refractivity contribution in [2.24, 2.45) is 0 Å². The van der Waals surface area contributed by atoms with Gasteiger partial charge >= 0.3 is 7.82 Å². The number of hydrogen-bond acceptors (Lipinski definition) is 2. The van der Waals surface area contributed by atoms with Crippen molar-refractivity contribution in [1.29, 1.82) is 0 Å². The average molecular weight is 284 g/mol. The van der Waals surface area contributed by atoms with Crippen LogP contribution in [0.5, 0.6) is 0 Å². The summed E-state index contributed by atoms with van der Waals surface area (Å²) < 4.78 is 13.8. The maximum Gasteiger partial charge on any atom is 0.469 e. The molecule has 0 spiro atoms. The molecule has 0 unspecified atom stereocenters. The van der Waals surface area contributed by atoms with E-state index in [-0.39, 0.29) is 10.3 Å².